The minimum absolute atomic E-state index is 0.0252. The first-order chi connectivity index (χ1) is 23.0. The number of likely N-dealkylation sites (N-methyl/N-ethyl adjacent to an activating group) is 2. The molecule has 4 aromatic carbocycles. The van der Waals surface area contributed by atoms with Crippen molar-refractivity contribution in [2.45, 2.75) is 50.3 Å². The van der Waals surface area contributed by atoms with E-state index >= 15 is 0 Å². The molecule has 0 unspecified atom stereocenters. The van der Waals surface area contributed by atoms with Crippen LogP contribution in [0.2, 0.25) is 0 Å². The van der Waals surface area contributed by atoms with Crippen molar-refractivity contribution in [1.29, 1.82) is 0 Å². The van der Waals surface area contributed by atoms with Gasteiger partial charge in [0.1, 0.15) is 24.3 Å². The molecule has 5 rings (SSSR count). The monoisotopic (exact) mass is 647 g/mol. The van der Waals surface area contributed by atoms with Gasteiger partial charge in [0.05, 0.1) is 6.42 Å². The summed E-state index contributed by atoms with van der Waals surface area (Å²) in [4.78, 5) is 56.2. The molecule has 0 bridgehead atoms. The molecule has 0 saturated carbocycles. The Labute approximate surface area is 281 Å². The zero-order valence-corrected chi connectivity index (χ0v) is 27.7. The van der Waals surface area contributed by atoms with E-state index in [1.807, 2.05) is 109 Å². The molecule has 9 nitrogen and oxygen atoms in total. The average Bonchev–Trinajstić information content (AvgIpc) is 3.41. The number of hydrogen-bond acceptors (Lipinski definition) is 6. The minimum atomic E-state index is -1.35. The standard InChI is InChI=1S/C39H41N3O6/c1-39(2,27-17-9-6-10-18-27)48-35(43)24-34(37(45)41(3)33(36(40)44)23-26-15-7-5-8-16-26)42(4)38(46)47-25-32-30-21-13-11-19-28(30)29-20-12-14-22-31(29)32/h5-22,32-34H,23-25H2,1-4H3,(H2,40,44)/t33-,34-/m0/s1. The van der Waals surface area contributed by atoms with E-state index in [1.165, 1.54) is 19.0 Å². The predicted molar refractivity (Wildman–Crippen MR) is 183 cm³/mol. The van der Waals surface area contributed by atoms with E-state index in [9.17, 15) is 19.2 Å². The summed E-state index contributed by atoms with van der Waals surface area (Å²) in [5.74, 6) is -2.27. The molecule has 0 saturated heterocycles. The van der Waals surface area contributed by atoms with E-state index in [4.69, 9.17) is 15.2 Å². The number of amides is 3. The van der Waals surface area contributed by atoms with Gasteiger partial charge in [-0.3, -0.25) is 19.3 Å². The van der Waals surface area contributed by atoms with E-state index in [0.717, 1.165) is 38.3 Å². The van der Waals surface area contributed by atoms with Gasteiger partial charge in [0, 0.05) is 26.4 Å². The second kappa shape index (κ2) is 14.5. The number of hydrogen-bond donors (Lipinski definition) is 1. The Balaban J connectivity index is 1.37. The molecule has 48 heavy (non-hydrogen) atoms. The second-order valence-corrected chi connectivity index (χ2v) is 12.5. The van der Waals surface area contributed by atoms with Gasteiger partial charge >= 0.3 is 12.1 Å². The number of nitrogens with zero attached hydrogens (tertiary/aromatic N) is 2. The molecular formula is C39H41N3O6. The molecular weight excluding hydrogens is 606 g/mol. The van der Waals surface area contributed by atoms with Crippen LogP contribution in [0, 0.1) is 0 Å². The Kier molecular flexibility index (Phi) is 10.3. The van der Waals surface area contributed by atoms with Gasteiger partial charge in [0.25, 0.3) is 0 Å². The number of fused-ring (bicyclic) bond motifs is 3. The number of benzene rings is 4. The van der Waals surface area contributed by atoms with Crippen LogP contribution in [0.1, 0.15) is 48.4 Å². The van der Waals surface area contributed by atoms with Gasteiger partial charge in [0.15, 0.2) is 0 Å². The highest BCUT2D eigenvalue weighted by Crippen LogP contribution is 2.44. The highest BCUT2D eigenvalue weighted by molar-refractivity contribution is 5.93. The third kappa shape index (κ3) is 7.41. The summed E-state index contributed by atoms with van der Waals surface area (Å²) in [6.45, 7) is 3.53. The molecule has 0 aromatic heterocycles. The number of esters is 1. The lowest BCUT2D eigenvalue weighted by atomic mass is 9.98. The Morgan fingerprint density at radius 2 is 1.25 bits per heavy atom. The van der Waals surface area contributed by atoms with Crippen molar-refractivity contribution < 1.29 is 28.7 Å². The Morgan fingerprint density at radius 3 is 1.81 bits per heavy atom. The summed E-state index contributed by atoms with van der Waals surface area (Å²) < 4.78 is 11.7. The van der Waals surface area contributed by atoms with E-state index < -0.39 is 48.0 Å². The first kappa shape index (κ1) is 33.9. The van der Waals surface area contributed by atoms with E-state index in [2.05, 4.69) is 0 Å². The molecule has 3 amide bonds. The fraction of sp³-hybridized carbons (Fsp3) is 0.282. The quantitative estimate of drug-likeness (QED) is 0.198. The zero-order chi connectivity index (χ0) is 34.4. The smallest absolute Gasteiger partial charge is 0.410 e. The molecule has 9 heteroatoms. The molecule has 248 valence electrons. The first-order valence-corrected chi connectivity index (χ1v) is 15.9. The molecule has 0 heterocycles. The highest BCUT2D eigenvalue weighted by atomic mass is 16.6. The van der Waals surface area contributed by atoms with E-state index in [-0.39, 0.29) is 18.9 Å². The first-order valence-electron chi connectivity index (χ1n) is 15.9. The molecule has 0 fully saturated rings. The van der Waals surface area contributed by atoms with Crippen LogP contribution in [0.25, 0.3) is 11.1 Å². The number of carbonyl (C=O) groups is 4. The minimum Gasteiger partial charge on any atom is -0.455 e. The van der Waals surface area contributed by atoms with Crippen molar-refractivity contribution in [2.75, 3.05) is 20.7 Å². The molecule has 2 N–H and O–H groups in total. The summed E-state index contributed by atoms with van der Waals surface area (Å²) in [7, 11) is 2.85. The average molecular weight is 648 g/mol. The molecule has 0 radical (unpaired) electrons. The van der Waals surface area contributed by atoms with Gasteiger partial charge in [-0.2, -0.15) is 0 Å². The van der Waals surface area contributed by atoms with Crippen LogP contribution in [-0.4, -0.2) is 66.5 Å². The van der Waals surface area contributed by atoms with Crippen LogP contribution >= 0.6 is 0 Å². The van der Waals surface area contributed by atoms with Gasteiger partial charge in [-0.05, 0) is 47.2 Å². The fourth-order valence-electron chi connectivity index (χ4n) is 6.25. The highest BCUT2D eigenvalue weighted by Gasteiger charge is 2.38. The van der Waals surface area contributed by atoms with E-state index in [1.54, 1.807) is 13.8 Å². The summed E-state index contributed by atoms with van der Waals surface area (Å²) in [5, 5.41) is 0. The van der Waals surface area contributed by atoms with Crippen molar-refractivity contribution in [3.63, 3.8) is 0 Å². The SMILES string of the molecule is CN(C(=O)OCC1c2ccccc2-c2ccccc21)[C@@H](CC(=O)OC(C)(C)c1ccccc1)C(=O)N(C)[C@@H](Cc1ccccc1)C(N)=O. The van der Waals surface area contributed by atoms with Crippen LogP contribution in [0.4, 0.5) is 4.79 Å². The van der Waals surface area contributed by atoms with Crippen LogP contribution in [0.5, 0.6) is 0 Å². The van der Waals surface area contributed by atoms with Crippen molar-refractivity contribution in [3.8, 4) is 11.1 Å². The number of rotatable bonds is 12. The van der Waals surface area contributed by atoms with Crippen LogP contribution in [0.15, 0.2) is 109 Å². The number of primary amides is 1. The van der Waals surface area contributed by atoms with Crippen molar-refractivity contribution in [3.05, 3.63) is 131 Å². The van der Waals surface area contributed by atoms with Crippen molar-refractivity contribution in [1.82, 2.24) is 9.80 Å². The van der Waals surface area contributed by atoms with Crippen molar-refractivity contribution >= 4 is 23.9 Å². The molecule has 0 spiro atoms. The predicted octanol–water partition coefficient (Wildman–Crippen LogP) is 5.66. The summed E-state index contributed by atoms with van der Waals surface area (Å²) >= 11 is 0. The van der Waals surface area contributed by atoms with E-state index in [0.29, 0.717) is 0 Å². The molecule has 0 aliphatic heterocycles. The third-order valence-electron chi connectivity index (χ3n) is 8.99. The number of carbonyl (C=O) groups excluding carboxylic acids is 4. The van der Waals surface area contributed by atoms with Crippen LogP contribution in [-0.2, 0) is 35.9 Å². The van der Waals surface area contributed by atoms with Gasteiger partial charge in [-0.15, -0.1) is 0 Å². The molecule has 1 aliphatic carbocycles. The number of nitrogens with two attached hydrogens (primary N) is 1. The van der Waals surface area contributed by atoms with Gasteiger partial charge < -0.3 is 20.1 Å². The largest absolute Gasteiger partial charge is 0.455 e. The Hall–Kier alpha value is -5.44. The summed E-state index contributed by atoms with van der Waals surface area (Å²) in [5.41, 5.74) is 10.6. The zero-order valence-electron chi connectivity index (χ0n) is 27.7. The molecule has 4 aromatic rings. The molecule has 2 atom stereocenters. The normalized spacial score (nSPS) is 13.4. The Bertz CT molecular complexity index is 1730. The maximum Gasteiger partial charge on any atom is 0.410 e. The summed E-state index contributed by atoms with van der Waals surface area (Å²) in [6, 6.07) is 32.0. The maximum atomic E-state index is 14.1. The lowest BCUT2D eigenvalue weighted by Crippen LogP contribution is -2.55. The maximum absolute atomic E-state index is 14.1. The molecule has 1 aliphatic rings. The lowest BCUT2D eigenvalue weighted by molar-refractivity contribution is -0.161. The van der Waals surface area contributed by atoms with Crippen molar-refractivity contribution in [2.24, 2.45) is 5.73 Å². The Morgan fingerprint density at radius 1 is 0.729 bits per heavy atom. The van der Waals surface area contributed by atoms with Gasteiger partial charge in [-0.1, -0.05) is 109 Å². The van der Waals surface area contributed by atoms with Gasteiger partial charge in [-0.25, -0.2) is 4.79 Å². The van der Waals surface area contributed by atoms with Gasteiger partial charge in [0.2, 0.25) is 11.8 Å². The fourth-order valence-corrected chi connectivity index (χ4v) is 6.25. The summed E-state index contributed by atoms with van der Waals surface area (Å²) in [6.07, 6.45) is -1.11. The second-order valence-electron chi connectivity index (χ2n) is 12.5. The lowest BCUT2D eigenvalue weighted by Gasteiger charge is -2.34. The third-order valence-corrected chi connectivity index (χ3v) is 8.99. The van der Waals surface area contributed by atoms with Crippen LogP contribution < -0.4 is 5.73 Å². The topological polar surface area (TPSA) is 119 Å². The number of ether oxygens (including phenoxy) is 2. The van der Waals surface area contributed by atoms with Crippen LogP contribution in [0.3, 0.4) is 0 Å².